The van der Waals surface area contributed by atoms with Crippen LogP contribution in [0.3, 0.4) is 0 Å². The number of unbranched alkanes of at least 4 members (excludes halogenated alkanes) is 1. The van der Waals surface area contributed by atoms with Gasteiger partial charge >= 0.3 is 6.03 Å². The molecule has 2 saturated heterocycles. The lowest BCUT2D eigenvalue weighted by molar-refractivity contribution is -0.136. The summed E-state index contributed by atoms with van der Waals surface area (Å²) >= 11 is 0. The fourth-order valence-corrected chi connectivity index (χ4v) is 7.76. The van der Waals surface area contributed by atoms with Gasteiger partial charge < -0.3 is 25.0 Å². The zero-order valence-electron chi connectivity index (χ0n) is 31.6. The second-order valence-electron chi connectivity index (χ2n) is 14.8. The molecule has 3 aliphatic heterocycles. The number of imide groups is 1. The molecule has 5 amide bonds. The fourth-order valence-electron chi connectivity index (χ4n) is 7.76. The molecule has 290 valence electrons. The van der Waals surface area contributed by atoms with Crippen LogP contribution < -0.4 is 20.9 Å². The summed E-state index contributed by atoms with van der Waals surface area (Å²) < 4.78 is 7.29. The van der Waals surface area contributed by atoms with Gasteiger partial charge in [0.15, 0.2) is 5.65 Å². The second-order valence-corrected chi connectivity index (χ2v) is 14.8. The predicted molar refractivity (Wildman–Crippen MR) is 206 cm³/mol. The zero-order valence-corrected chi connectivity index (χ0v) is 31.6. The molecule has 2 fully saturated rings. The van der Waals surface area contributed by atoms with Gasteiger partial charge in [-0.2, -0.15) is 10.1 Å². The molecule has 0 saturated carbocycles. The molecule has 5 aromatic rings. The van der Waals surface area contributed by atoms with Crippen LogP contribution in [0.1, 0.15) is 78.5 Å². The number of piperazine rings is 1. The van der Waals surface area contributed by atoms with Crippen molar-refractivity contribution in [3.63, 3.8) is 0 Å². The van der Waals surface area contributed by atoms with Crippen molar-refractivity contribution < 1.29 is 23.7 Å². The van der Waals surface area contributed by atoms with Gasteiger partial charge in [0, 0.05) is 62.9 Å². The van der Waals surface area contributed by atoms with Gasteiger partial charge in [-0.3, -0.25) is 29.6 Å². The van der Waals surface area contributed by atoms with Gasteiger partial charge in [-0.25, -0.2) is 14.3 Å². The second kappa shape index (κ2) is 15.5. The van der Waals surface area contributed by atoms with Gasteiger partial charge in [0.1, 0.15) is 11.7 Å². The van der Waals surface area contributed by atoms with E-state index >= 15 is 0 Å². The summed E-state index contributed by atoms with van der Waals surface area (Å²) in [5.74, 6) is 0.229. The molecule has 0 spiro atoms. The third-order valence-corrected chi connectivity index (χ3v) is 10.6. The lowest BCUT2D eigenvalue weighted by Crippen LogP contribution is -2.52. The van der Waals surface area contributed by atoms with Gasteiger partial charge in [-0.05, 0) is 74.0 Å². The minimum absolute atomic E-state index is 0.101. The largest absolute Gasteiger partial charge is 0.369 e. The van der Waals surface area contributed by atoms with E-state index in [9.17, 15) is 19.2 Å². The Bertz CT molecular complexity index is 2310. The summed E-state index contributed by atoms with van der Waals surface area (Å²) in [6.45, 7) is 10.9. The van der Waals surface area contributed by atoms with E-state index in [1.54, 1.807) is 28.0 Å². The number of carbonyl (C=O) groups is 4. The van der Waals surface area contributed by atoms with Crippen LogP contribution in [0.4, 0.5) is 21.9 Å². The maximum Gasteiger partial charge on any atom is 0.323 e. The lowest BCUT2D eigenvalue weighted by atomic mass is 10.0. The highest BCUT2D eigenvalue weighted by molar-refractivity contribution is 6.05. The minimum atomic E-state index is -0.612. The highest BCUT2D eigenvalue weighted by Gasteiger charge is 2.39. The van der Waals surface area contributed by atoms with Gasteiger partial charge in [-0.1, -0.05) is 19.0 Å². The van der Waals surface area contributed by atoms with E-state index < -0.39 is 18.0 Å². The molecule has 7 heterocycles. The number of hydrogen-bond acceptors (Lipinski definition) is 12. The van der Waals surface area contributed by atoms with E-state index in [1.165, 1.54) is 0 Å². The van der Waals surface area contributed by atoms with Crippen LogP contribution in [0.5, 0.6) is 0 Å². The Kier molecular flexibility index (Phi) is 10.2. The molecule has 1 atom stereocenters. The highest BCUT2D eigenvalue weighted by atomic mass is 16.5. The molecular formula is C39H44N12O5. The van der Waals surface area contributed by atoms with Crippen molar-refractivity contribution in [3.8, 4) is 11.5 Å². The number of amides is 5. The number of anilines is 3. The quantitative estimate of drug-likeness (QED) is 0.129. The molecule has 17 heteroatoms. The highest BCUT2D eigenvalue weighted by Crippen LogP contribution is 2.31. The maximum atomic E-state index is 13.1. The van der Waals surface area contributed by atoms with Crippen molar-refractivity contribution in [3.05, 3.63) is 77.2 Å². The van der Waals surface area contributed by atoms with E-state index in [0.717, 1.165) is 68.1 Å². The number of piperidine rings is 1. The number of aryl methyl sites for hydroxylation is 2. The average molecular weight is 761 g/mol. The number of carbonyl (C=O) groups excluding carboxylic acids is 4. The maximum absolute atomic E-state index is 13.1. The number of hydrogen-bond donors (Lipinski definition) is 3. The van der Waals surface area contributed by atoms with Crippen molar-refractivity contribution in [2.45, 2.75) is 71.4 Å². The van der Waals surface area contributed by atoms with Crippen molar-refractivity contribution in [1.82, 2.24) is 44.8 Å². The Balaban J connectivity index is 0.779. The number of fused-ring (bicyclic) bond motifs is 2. The molecule has 3 aliphatic rings. The van der Waals surface area contributed by atoms with Crippen LogP contribution in [0.25, 0.3) is 17.2 Å². The summed E-state index contributed by atoms with van der Waals surface area (Å²) in [4.78, 5) is 69.9. The first-order valence-electron chi connectivity index (χ1n) is 19.1. The molecule has 0 bridgehead atoms. The van der Waals surface area contributed by atoms with Gasteiger partial charge in [-0.15, -0.1) is 0 Å². The molecule has 17 nitrogen and oxygen atoms in total. The topological polar surface area (TPSA) is 196 Å². The number of aromatic nitrogens is 6. The third-order valence-electron chi connectivity index (χ3n) is 10.6. The smallest absolute Gasteiger partial charge is 0.323 e. The molecule has 8 rings (SSSR count). The van der Waals surface area contributed by atoms with E-state index in [2.05, 4.69) is 57.0 Å². The average Bonchev–Trinajstić information content (AvgIpc) is 3.93. The van der Waals surface area contributed by atoms with Crippen LogP contribution >= 0.6 is 0 Å². The molecule has 3 N–H and O–H groups in total. The zero-order chi connectivity index (χ0) is 38.9. The Morgan fingerprint density at radius 3 is 2.64 bits per heavy atom. The van der Waals surface area contributed by atoms with Crippen molar-refractivity contribution in [1.29, 1.82) is 0 Å². The SMILES string of the molecule is Cc1cc(NC(=O)Nc2cnc3ccnn3c2C(C)C)cnc1-c1noc(CCCCN2CCN(c3ccc4c(c3)CN(C3CCC(=O)NC3=O)C4=O)CC2)n1. The number of urea groups is 1. The molecule has 4 aromatic heterocycles. The molecule has 56 heavy (non-hydrogen) atoms. The number of nitrogens with one attached hydrogen (secondary N) is 3. The van der Waals surface area contributed by atoms with E-state index in [0.29, 0.717) is 59.4 Å². The summed E-state index contributed by atoms with van der Waals surface area (Å²) in [5.41, 5.74) is 6.66. The summed E-state index contributed by atoms with van der Waals surface area (Å²) in [6.07, 6.45) is 8.03. The van der Waals surface area contributed by atoms with Gasteiger partial charge in [0.05, 0.1) is 35.7 Å². The first-order chi connectivity index (χ1) is 27.1. The predicted octanol–water partition coefficient (Wildman–Crippen LogP) is 4.16. The Labute approximate surface area is 322 Å². The van der Waals surface area contributed by atoms with E-state index in [4.69, 9.17) is 4.52 Å². The van der Waals surface area contributed by atoms with E-state index in [1.807, 2.05) is 45.0 Å². The molecule has 0 aliphatic carbocycles. The van der Waals surface area contributed by atoms with Crippen LogP contribution in [0.15, 0.2) is 53.4 Å². The normalized spacial score (nSPS) is 17.5. The third kappa shape index (κ3) is 7.53. The minimum Gasteiger partial charge on any atom is -0.369 e. The summed E-state index contributed by atoms with van der Waals surface area (Å²) in [5, 5.41) is 16.6. The number of pyridine rings is 1. The van der Waals surface area contributed by atoms with Crippen molar-refractivity contribution in [2.75, 3.05) is 48.3 Å². The monoisotopic (exact) mass is 760 g/mol. The van der Waals surface area contributed by atoms with Crippen molar-refractivity contribution in [2.24, 2.45) is 0 Å². The van der Waals surface area contributed by atoms with Gasteiger partial charge in [0.2, 0.25) is 23.5 Å². The standard InChI is InChI=1S/C39H44N12O5/c1-23(2)35-29(21-40-31-11-12-42-51(31)35)44-39(55)43-26-18-24(3)34(41-20-26)36-46-33(56-47-36)6-4-5-13-48-14-16-49(17-15-48)27-7-8-28-25(19-27)22-50(38(28)54)30-9-10-32(52)45-37(30)53/h7-8,11-12,18-21,23,30H,4-6,9-10,13-17,22H2,1-3H3,(H2,43,44,55)(H,45,52,53). The van der Waals surface area contributed by atoms with Crippen LogP contribution in [0.2, 0.25) is 0 Å². The van der Waals surface area contributed by atoms with Gasteiger partial charge in [0.25, 0.3) is 5.91 Å². The van der Waals surface area contributed by atoms with E-state index in [-0.39, 0.29) is 24.2 Å². The fraction of sp³-hybridized carbons (Fsp3) is 0.410. The Hall–Kier alpha value is -6.23. The Morgan fingerprint density at radius 1 is 1.02 bits per heavy atom. The van der Waals surface area contributed by atoms with Crippen LogP contribution in [-0.4, -0.2) is 102 Å². The first kappa shape index (κ1) is 36.7. The summed E-state index contributed by atoms with van der Waals surface area (Å²) in [7, 11) is 0. The molecule has 1 aromatic carbocycles. The Morgan fingerprint density at radius 2 is 1.86 bits per heavy atom. The van der Waals surface area contributed by atoms with Crippen LogP contribution in [-0.2, 0) is 22.6 Å². The molecular weight excluding hydrogens is 717 g/mol. The number of nitrogens with zero attached hydrogens (tertiary/aromatic N) is 9. The van der Waals surface area contributed by atoms with Crippen LogP contribution in [0, 0.1) is 6.92 Å². The first-order valence-corrected chi connectivity index (χ1v) is 19.1. The number of benzene rings is 1. The van der Waals surface area contributed by atoms with Crippen molar-refractivity contribution >= 4 is 46.5 Å². The molecule has 0 radical (unpaired) electrons. The lowest BCUT2D eigenvalue weighted by Gasteiger charge is -2.36. The number of rotatable bonds is 11. The summed E-state index contributed by atoms with van der Waals surface area (Å²) in [6, 6.07) is 8.53. The molecule has 1 unspecified atom stereocenters.